The van der Waals surface area contributed by atoms with Crippen molar-refractivity contribution < 1.29 is 38.6 Å². The summed E-state index contributed by atoms with van der Waals surface area (Å²) in [7, 11) is 2.57. The number of ketones is 2. The van der Waals surface area contributed by atoms with E-state index >= 15 is 0 Å². The van der Waals surface area contributed by atoms with Crippen molar-refractivity contribution in [2.24, 2.45) is 23.7 Å². The maximum Gasteiger partial charge on any atom is 0.423 e. The Bertz CT molecular complexity index is 1860. The van der Waals surface area contributed by atoms with Crippen LogP contribution in [0.4, 0.5) is 4.79 Å². The molecule has 9 heteroatoms. The molecule has 1 N–H and O–H groups in total. The summed E-state index contributed by atoms with van der Waals surface area (Å²) in [5.74, 6) is -5.70. The third kappa shape index (κ3) is 4.04. The van der Waals surface area contributed by atoms with Gasteiger partial charge in [0.25, 0.3) is 0 Å². The van der Waals surface area contributed by atoms with E-state index in [0.29, 0.717) is 27.3 Å². The summed E-state index contributed by atoms with van der Waals surface area (Å²) in [6, 6.07) is 22.8. The molecule has 2 fully saturated rings. The predicted molar refractivity (Wildman–Crippen MR) is 165 cm³/mol. The number of carbonyl (C=O) groups excluding carboxylic acids is 5. The summed E-state index contributed by atoms with van der Waals surface area (Å²) < 4.78 is 10.6. The molecule has 7 rings (SSSR count). The minimum absolute atomic E-state index is 0.0430. The topological polar surface area (TPSA) is 127 Å². The van der Waals surface area contributed by atoms with E-state index in [2.05, 4.69) is 0 Å². The number of nitrogens with zero attached hydrogens (tertiary/aromatic N) is 1. The van der Waals surface area contributed by atoms with E-state index in [4.69, 9.17) is 9.47 Å². The quantitative estimate of drug-likeness (QED) is 0.321. The number of aromatic hydroxyl groups is 1. The first-order valence-electron chi connectivity index (χ1n) is 15.2. The van der Waals surface area contributed by atoms with E-state index in [1.54, 1.807) is 30.3 Å². The van der Waals surface area contributed by atoms with Crippen LogP contribution in [0.3, 0.4) is 0 Å². The van der Waals surface area contributed by atoms with Gasteiger partial charge in [-0.1, -0.05) is 78.4 Å². The predicted octanol–water partition coefficient (Wildman–Crippen LogP) is 4.99. The smallest absolute Gasteiger partial charge is 0.423 e. The van der Waals surface area contributed by atoms with Crippen LogP contribution in [0.2, 0.25) is 0 Å². The van der Waals surface area contributed by atoms with Crippen molar-refractivity contribution in [1.29, 1.82) is 0 Å². The van der Waals surface area contributed by atoms with Crippen LogP contribution in [0.15, 0.2) is 96.6 Å². The maximum absolute atomic E-state index is 15.0. The monoisotopic (exact) mass is 617 g/mol. The Balaban J connectivity index is 1.52. The number of likely N-dealkylation sites (tertiary alicyclic amines) is 1. The molecule has 6 atom stereocenters. The van der Waals surface area contributed by atoms with Crippen LogP contribution in [0.1, 0.15) is 35.4 Å². The number of benzene rings is 3. The summed E-state index contributed by atoms with van der Waals surface area (Å²) in [4.78, 5) is 70.4. The molecule has 1 saturated heterocycles. The number of phenolic OH excluding ortho intramolecular Hbond substituents is 1. The van der Waals surface area contributed by atoms with Gasteiger partial charge in [0.05, 0.1) is 31.5 Å². The van der Waals surface area contributed by atoms with Gasteiger partial charge in [0, 0.05) is 29.0 Å². The van der Waals surface area contributed by atoms with Gasteiger partial charge in [0.1, 0.15) is 11.5 Å². The summed E-state index contributed by atoms with van der Waals surface area (Å²) >= 11 is 0. The largest absolute Gasteiger partial charge is 0.508 e. The first kappa shape index (κ1) is 29.4. The highest BCUT2D eigenvalue weighted by Crippen LogP contribution is 2.64. The third-order valence-electron chi connectivity index (χ3n) is 10.3. The second-order valence-electron chi connectivity index (χ2n) is 12.2. The van der Waals surface area contributed by atoms with Gasteiger partial charge in [-0.05, 0) is 42.0 Å². The molecular weight excluding hydrogens is 586 g/mol. The molecular formula is C37H31NO8. The normalized spacial score (nSPS) is 28.5. The number of hydrogen-bond donors (Lipinski definition) is 1. The van der Waals surface area contributed by atoms with Crippen LogP contribution in [0.5, 0.6) is 11.5 Å². The number of rotatable bonds is 4. The molecule has 1 saturated carbocycles. The maximum atomic E-state index is 15.0. The highest BCUT2D eigenvalue weighted by atomic mass is 16.5. The van der Waals surface area contributed by atoms with Crippen molar-refractivity contribution in [3.63, 3.8) is 0 Å². The number of methoxy groups -OCH3 is 2. The van der Waals surface area contributed by atoms with Crippen LogP contribution >= 0.6 is 0 Å². The molecule has 0 spiro atoms. The molecule has 9 nitrogen and oxygen atoms in total. The Kier molecular flexibility index (Phi) is 6.99. The standard InChI is InChI=1S/C37H31NO8/c1-45-29-17-22(39)13-14-24(29)32-23-15-16-25-31(35(43)38(34(25)42)36(44)46-2)27(23)18-28-33(41)26(20-9-5-3-6-10-20)19-30(40)37(28,32)21-11-7-4-8-12-21/h3-15,17,19,25,27-28,31-32,39H,16,18H2,1-2H3. The van der Waals surface area contributed by atoms with Gasteiger partial charge in [-0.3, -0.25) is 19.2 Å². The zero-order chi connectivity index (χ0) is 32.3. The zero-order valence-corrected chi connectivity index (χ0v) is 25.2. The second-order valence-corrected chi connectivity index (χ2v) is 12.2. The fourth-order valence-electron chi connectivity index (χ4n) is 8.43. The fraction of sp³-hybridized carbons (Fsp3) is 0.270. The average Bonchev–Trinajstić information content (AvgIpc) is 3.34. The number of imide groups is 3. The van der Waals surface area contributed by atoms with Crippen LogP contribution in [0, 0.1) is 23.7 Å². The highest BCUT2D eigenvalue weighted by molar-refractivity contribution is 6.31. The van der Waals surface area contributed by atoms with Gasteiger partial charge >= 0.3 is 6.09 Å². The van der Waals surface area contributed by atoms with Gasteiger partial charge in [0.2, 0.25) is 11.8 Å². The molecule has 1 aliphatic heterocycles. The number of allylic oxidation sites excluding steroid dienone is 4. The number of fused-ring (bicyclic) bond motifs is 4. The van der Waals surface area contributed by atoms with Gasteiger partial charge < -0.3 is 14.6 Å². The summed E-state index contributed by atoms with van der Waals surface area (Å²) in [6.45, 7) is 0. The Morgan fingerprint density at radius 2 is 1.59 bits per heavy atom. The van der Waals surface area contributed by atoms with Crippen LogP contribution in [-0.2, 0) is 29.3 Å². The molecule has 3 amide bonds. The van der Waals surface area contributed by atoms with E-state index in [9.17, 15) is 29.1 Å². The van der Waals surface area contributed by atoms with E-state index in [1.807, 2.05) is 42.5 Å². The molecule has 0 bridgehead atoms. The van der Waals surface area contributed by atoms with Crippen LogP contribution in [0.25, 0.3) is 5.57 Å². The number of Topliss-reactive ketones (excluding diaryl/α,β-unsaturated/α-hetero) is 1. The molecule has 4 aliphatic rings. The van der Waals surface area contributed by atoms with E-state index in [0.717, 1.165) is 12.7 Å². The first-order valence-corrected chi connectivity index (χ1v) is 15.2. The molecule has 1 heterocycles. The highest BCUT2D eigenvalue weighted by Gasteiger charge is 2.66. The molecule has 0 radical (unpaired) electrons. The van der Waals surface area contributed by atoms with E-state index in [1.165, 1.54) is 25.3 Å². The lowest BCUT2D eigenvalue weighted by Crippen LogP contribution is -2.58. The second kappa shape index (κ2) is 10.9. The molecule has 3 aromatic carbocycles. The SMILES string of the molecule is COC(=O)N1C(=O)C2CC=C3C(CC4C(=O)C(c5ccccc5)=CC(=O)C4(c4ccccc4)C3c3ccc(O)cc3OC)C2C1=O. The summed E-state index contributed by atoms with van der Waals surface area (Å²) in [5, 5.41) is 10.4. The molecule has 46 heavy (non-hydrogen) atoms. The van der Waals surface area contributed by atoms with Crippen molar-refractivity contribution in [3.05, 3.63) is 113 Å². The van der Waals surface area contributed by atoms with Crippen molar-refractivity contribution in [2.45, 2.75) is 24.2 Å². The fourth-order valence-corrected chi connectivity index (χ4v) is 8.43. The summed E-state index contributed by atoms with van der Waals surface area (Å²) in [5.41, 5.74) is 1.35. The van der Waals surface area contributed by atoms with Crippen molar-refractivity contribution >= 4 is 35.0 Å². The van der Waals surface area contributed by atoms with Crippen molar-refractivity contribution in [1.82, 2.24) is 4.90 Å². The van der Waals surface area contributed by atoms with Gasteiger partial charge in [-0.25, -0.2) is 4.79 Å². The molecule has 0 aromatic heterocycles. The minimum atomic E-state index is -1.44. The van der Waals surface area contributed by atoms with Crippen LogP contribution in [-0.4, -0.2) is 53.7 Å². The number of phenols is 1. The minimum Gasteiger partial charge on any atom is -0.508 e. The molecule has 232 valence electrons. The number of hydrogen-bond acceptors (Lipinski definition) is 8. The number of amides is 3. The lowest BCUT2D eigenvalue weighted by molar-refractivity contribution is -0.138. The van der Waals surface area contributed by atoms with Crippen molar-refractivity contribution in [2.75, 3.05) is 14.2 Å². The Morgan fingerprint density at radius 3 is 2.26 bits per heavy atom. The van der Waals surface area contributed by atoms with E-state index in [-0.39, 0.29) is 35.7 Å². The van der Waals surface area contributed by atoms with Gasteiger partial charge in [-0.2, -0.15) is 4.90 Å². The summed E-state index contributed by atoms with van der Waals surface area (Å²) in [6.07, 6.45) is 2.55. The third-order valence-corrected chi connectivity index (χ3v) is 10.3. The van der Waals surface area contributed by atoms with Crippen LogP contribution < -0.4 is 4.74 Å². The lowest BCUT2D eigenvalue weighted by atomic mass is 9.44. The van der Waals surface area contributed by atoms with Gasteiger partial charge in [0.15, 0.2) is 11.6 Å². The Hall–Kier alpha value is -5.31. The van der Waals surface area contributed by atoms with E-state index < -0.39 is 52.9 Å². The number of carbonyl (C=O) groups is 5. The van der Waals surface area contributed by atoms with Gasteiger partial charge in [-0.15, -0.1) is 0 Å². The van der Waals surface area contributed by atoms with Crippen molar-refractivity contribution in [3.8, 4) is 11.5 Å². The molecule has 3 aromatic rings. The molecule has 6 unspecified atom stereocenters. The number of ether oxygens (including phenoxy) is 2. The Labute approximate surface area is 265 Å². The molecule has 3 aliphatic carbocycles. The first-order chi connectivity index (χ1) is 22.2. The lowest BCUT2D eigenvalue weighted by Gasteiger charge is -2.55. The average molecular weight is 618 g/mol. The zero-order valence-electron chi connectivity index (χ0n) is 25.2. The Morgan fingerprint density at radius 1 is 0.891 bits per heavy atom.